The van der Waals surface area contributed by atoms with Gasteiger partial charge in [0.15, 0.2) is 5.96 Å². The van der Waals surface area contributed by atoms with Crippen LogP contribution in [0.3, 0.4) is 0 Å². The van der Waals surface area contributed by atoms with E-state index in [1.165, 1.54) is 24.1 Å². The van der Waals surface area contributed by atoms with Crippen LogP contribution in [-0.4, -0.2) is 38.2 Å². The maximum absolute atomic E-state index is 4.68. The summed E-state index contributed by atoms with van der Waals surface area (Å²) in [6.45, 7) is 10.1. The minimum atomic E-state index is 0. The van der Waals surface area contributed by atoms with E-state index < -0.39 is 0 Å². The Morgan fingerprint density at radius 1 is 1.32 bits per heavy atom. The molecule has 0 spiro atoms. The monoisotopic (exact) mass is 416 g/mol. The molecule has 1 aromatic rings. The zero-order valence-electron chi connectivity index (χ0n) is 13.9. The fourth-order valence-corrected chi connectivity index (χ4v) is 2.32. The topological polar surface area (TPSA) is 39.7 Å². The molecular formula is C17H29IN4. The molecule has 1 fully saturated rings. The SMILES string of the molecule is CCNC(=NCCN(CC)c1cccc(C)c1)NC1CC1.I. The first kappa shape index (κ1) is 19.1. The number of aliphatic imine (C=N–C) groups is 1. The van der Waals surface area contributed by atoms with Gasteiger partial charge >= 0.3 is 0 Å². The smallest absolute Gasteiger partial charge is 0.191 e. The Morgan fingerprint density at radius 3 is 2.68 bits per heavy atom. The maximum atomic E-state index is 4.68. The van der Waals surface area contributed by atoms with Crippen molar-refractivity contribution in [3.8, 4) is 0 Å². The van der Waals surface area contributed by atoms with Gasteiger partial charge in [0.05, 0.1) is 6.54 Å². The highest BCUT2D eigenvalue weighted by atomic mass is 127. The zero-order valence-corrected chi connectivity index (χ0v) is 16.3. The Morgan fingerprint density at radius 2 is 2.09 bits per heavy atom. The molecule has 1 aliphatic rings. The van der Waals surface area contributed by atoms with E-state index >= 15 is 0 Å². The summed E-state index contributed by atoms with van der Waals surface area (Å²) in [7, 11) is 0. The third-order valence-electron chi connectivity index (χ3n) is 3.65. The fraction of sp³-hybridized carbons (Fsp3) is 0.588. The molecule has 1 aliphatic carbocycles. The lowest BCUT2D eigenvalue weighted by atomic mass is 10.2. The van der Waals surface area contributed by atoms with E-state index in [9.17, 15) is 0 Å². The van der Waals surface area contributed by atoms with Gasteiger partial charge in [0.2, 0.25) is 0 Å². The lowest BCUT2D eigenvalue weighted by Gasteiger charge is -2.23. The van der Waals surface area contributed by atoms with Crippen molar-refractivity contribution in [2.24, 2.45) is 4.99 Å². The second-order valence-electron chi connectivity index (χ2n) is 5.60. The van der Waals surface area contributed by atoms with Crippen LogP contribution in [0.25, 0.3) is 0 Å². The first-order valence-corrected chi connectivity index (χ1v) is 8.09. The van der Waals surface area contributed by atoms with Crippen molar-refractivity contribution >= 4 is 35.6 Å². The van der Waals surface area contributed by atoms with E-state index in [4.69, 9.17) is 0 Å². The number of halogens is 1. The molecular weight excluding hydrogens is 387 g/mol. The lowest BCUT2D eigenvalue weighted by Crippen LogP contribution is -2.39. The van der Waals surface area contributed by atoms with Crippen molar-refractivity contribution < 1.29 is 0 Å². The Hall–Kier alpha value is -0.980. The number of nitrogens with zero attached hydrogens (tertiary/aromatic N) is 2. The molecule has 0 bridgehead atoms. The fourth-order valence-electron chi connectivity index (χ4n) is 2.32. The van der Waals surface area contributed by atoms with Crippen molar-refractivity contribution in [2.75, 3.05) is 31.1 Å². The van der Waals surface area contributed by atoms with Gasteiger partial charge in [0, 0.05) is 31.4 Å². The standard InChI is InChI=1S/C17H28N4.HI/c1-4-18-17(20-15-9-10-15)19-11-12-21(5-2)16-8-6-7-14(3)13-16;/h6-8,13,15H,4-5,9-12H2,1-3H3,(H2,18,19,20);1H. The van der Waals surface area contributed by atoms with Gasteiger partial charge in [-0.3, -0.25) is 4.99 Å². The number of nitrogens with one attached hydrogen (secondary N) is 2. The third-order valence-corrected chi connectivity index (χ3v) is 3.65. The number of aryl methyl sites for hydroxylation is 1. The summed E-state index contributed by atoms with van der Waals surface area (Å²) < 4.78 is 0. The number of guanidine groups is 1. The molecule has 0 aromatic heterocycles. The molecule has 1 saturated carbocycles. The van der Waals surface area contributed by atoms with Crippen LogP contribution < -0.4 is 15.5 Å². The van der Waals surface area contributed by atoms with Crippen LogP contribution in [-0.2, 0) is 0 Å². The zero-order chi connectivity index (χ0) is 15.1. The van der Waals surface area contributed by atoms with Crippen LogP contribution in [0.5, 0.6) is 0 Å². The highest BCUT2D eigenvalue weighted by Gasteiger charge is 2.21. The van der Waals surface area contributed by atoms with Gasteiger partial charge in [0.1, 0.15) is 0 Å². The highest BCUT2D eigenvalue weighted by molar-refractivity contribution is 14.0. The minimum absolute atomic E-state index is 0. The Balaban J connectivity index is 0.00000242. The number of anilines is 1. The summed E-state index contributed by atoms with van der Waals surface area (Å²) in [5.41, 5.74) is 2.59. The summed E-state index contributed by atoms with van der Waals surface area (Å²) >= 11 is 0. The summed E-state index contributed by atoms with van der Waals surface area (Å²) in [5.74, 6) is 0.959. The van der Waals surface area contributed by atoms with Gasteiger partial charge in [-0.2, -0.15) is 0 Å². The highest BCUT2D eigenvalue weighted by Crippen LogP contribution is 2.18. The first-order valence-electron chi connectivity index (χ1n) is 8.09. The molecule has 4 nitrogen and oxygen atoms in total. The summed E-state index contributed by atoms with van der Waals surface area (Å²) in [5, 5.41) is 6.77. The van der Waals surface area contributed by atoms with E-state index in [-0.39, 0.29) is 24.0 Å². The van der Waals surface area contributed by atoms with E-state index in [1.54, 1.807) is 0 Å². The lowest BCUT2D eigenvalue weighted by molar-refractivity contribution is 0.782. The molecule has 0 radical (unpaired) electrons. The van der Waals surface area contributed by atoms with Gasteiger partial charge in [-0.1, -0.05) is 12.1 Å². The van der Waals surface area contributed by atoms with Crippen molar-refractivity contribution in [3.63, 3.8) is 0 Å². The van der Waals surface area contributed by atoms with Crippen LogP contribution in [0.4, 0.5) is 5.69 Å². The second kappa shape index (κ2) is 9.92. The van der Waals surface area contributed by atoms with Crippen molar-refractivity contribution in [3.05, 3.63) is 29.8 Å². The van der Waals surface area contributed by atoms with Crippen molar-refractivity contribution in [2.45, 2.75) is 39.7 Å². The van der Waals surface area contributed by atoms with E-state index in [0.29, 0.717) is 6.04 Å². The van der Waals surface area contributed by atoms with E-state index in [1.807, 2.05) is 0 Å². The number of benzene rings is 1. The maximum Gasteiger partial charge on any atom is 0.191 e. The molecule has 2 N–H and O–H groups in total. The van der Waals surface area contributed by atoms with Gasteiger partial charge in [-0.25, -0.2) is 0 Å². The number of likely N-dealkylation sites (N-methyl/N-ethyl adjacent to an activating group) is 1. The summed E-state index contributed by atoms with van der Waals surface area (Å²) in [6.07, 6.45) is 2.55. The van der Waals surface area contributed by atoms with Gasteiger partial charge in [-0.05, 0) is 51.3 Å². The molecule has 0 atom stereocenters. The molecule has 5 heteroatoms. The number of hydrogen-bond acceptors (Lipinski definition) is 2. The summed E-state index contributed by atoms with van der Waals surface area (Å²) in [6, 6.07) is 9.31. The third kappa shape index (κ3) is 6.42. The molecule has 0 aliphatic heterocycles. The summed E-state index contributed by atoms with van der Waals surface area (Å²) in [4.78, 5) is 7.05. The average Bonchev–Trinajstić information content (AvgIpc) is 3.27. The first-order chi connectivity index (χ1) is 10.2. The van der Waals surface area contributed by atoms with Crippen LogP contribution >= 0.6 is 24.0 Å². The second-order valence-corrected chi connectivity index (χ2v) is 5.60. The minimum Gasteiger partial charge on any atom is -0.370 e. The molecule has 124 valence electrons. The normalized spacial score (nSPS) is 14.2. The van der Waals surface area contributed by atoms with Crippen LogP contribution in [0, 0.1) is 6.92 Å². The number of rotatable bonds is 7. The average molecular weight is 416 g/mol. The predicted molar refractivity (Wildman–Crippen MR) is 107 cm³/mol. The Labute approximate surface area is 151 Å². The predicted octanol–water partition coefficient (Wildman–Crippen LogP) is 3.16. The van der Waals surface area contributed by atoms with Crippen LogP contribution in [0.15, 0.2) is 29.3 Å². The largest absolute Gasteiger partial charge is 0.370 e. The Kier molecular flexibility index (Phi) is 8.60. The molecule has 0 amide bonds. The molecule has 2 rings (SSSR count). The molecule has 0 unspecified atom stereocenters. The quantitative estimate of drug-likeness (QED) is 0.408. The molecule has 1 aromatic carbocycles. The van der Waals surface area contributed by atoms with Crippen LogP contribution in [0.2, 0.25) is 0 Å². The van der Waals surface area contributed by atoms with Gasteiger partial charge in [0.25, 0.3) is 0 Å². The van der Waals surface area contributed by atoms with Crippen molar-refractivity contribution in [1.29, 1.82) is 0 Å². The van der Waals surface area contributed by atoms with E-state index in [0.717, 1.165) is 32.1 Å². The van der Waals surface area contributed by atoms with Crippen LogP contribution in [0.1, 0.15) is 32.3 Å². The molecule has 0 heterocycles. The van der Waals surface area contributed by atoms with Crippen molar-refractivity contribution in [1.82, 2.24) is 10.6 Å². The molecule has 22 heavy (non-hydrogen) atoms. The van der Waals surface area contributed by atoms with E-state index in [2.05, 4.69) is 65.6 Å². The molecule has 0 saturated heterocycles. The van der Waals surface area contributed by atoms with Gasteiger partial charge < -0.3 is 15.5 Å². The Bertz CT molecular complexity index is 471. The number of hydrogen-bond donors (Lipinski definition) is 2. The van der Waals surface area contributed by atoms with Gasteiger partial charge in [-0.15, -0.1) is 24.0 Å².